The Kier molecular flexibility index (Phi) is 2.31. The Labute approximate surface area is 77.9 Å². The SMILES string of the molecule is Cc1n[nH]c(C2CCC(N)CC2)n1. The molecule has 0 radical (unpaired) electrons. The summed E-state index contributed by atoms with van der Waals surface area (Å²) in [5.41, 5.74) is 5.83. The maximum atomic E-state index is 5.83. The summed E-state index contributed by atoms with van der Waals surface area (Å²) in [5.74, 6) is 2.44. The molecule has 0 unspecified atom stereocenters. The van der Waals surface area contributed by atoms with Gasteiger partial charge in [-0.2, -0.15) is 5.10 Å². The third-order valence-electron chi connectivity index (χ3n) is 2.77. The highest BCUT2D eigenvalue weighted by Gasteiger charge is 2.22. The zero-order valence-electron chi connectivity index (χ0n) is 7.95. The minimum absolute atomic E-state index is 0.403. The third kappa shape index (κ3) is 1.88. The predicted molar refractivity (Wildman–Crippen MR) is 50.3 cm³/mol. The highest BCUT2D eigenvalue weighted by Crippen LogP contribution is 2.29. The van der Waals surface area contributed by atoms with E-state index in [-0.39, 0.29) is 0 Å². The van der Waals surface area contributed by atoms with Gasteiger partial charge in [-0.3, -0.25) is 5.10 Å². The van der Waals surface area contributed by atoms with E-state index < -0.39 is 0 Å². The number of rotatable bonds is 1. The summed E-state index contributed by atoms with van der Waals surface area (Å²) < 4.78 is 0. The summed E-state index contributed by atoms with van der Waals surface area (Å²) >= 11 is 0. The first-order valence-electron chi connectivity index (χ1n) is 4.90. The molecule has 4 heteroatoms. The molecule has 1 heterocycles. The molecule has 1 aliphatic carbocycles. The van der Waals surface area contributed by atoms with Crippen molar-refractivity contribution in [3.05, 3.63) is 11.6 Å². The van der Waals surface area contributed by atoms with Gasteiger partial charge in [-0.05, 0) is 32.6 Å². The van der Waals surface area contributed by atoms with Crippen molar-refractivity contribution in [3.63, 3.8) is 0 Å². The van der Waals surface area contributed by atoms with Crippen molar-refractivity contribution in [1.82, 2.24) is 15.2 Å². The fraction of sp³-hybridized carbons (Fsp3) is 0.778. The van der Waals surface area contributed by atoms with Crippen LogP contribution in [0.2, 0.25) is 0 Å². The summed E-state index contributed by atoms with van der Waals surface area (Å²) in [6.45, 7) is 1.91. The van der Waals surface area contributed by atoms with E-state index >= 15 is 0 Å². The molecular weight excluding hydrogens is 164 g/mol. The van der Waals surface area contributed by atoms with Crippen molar-refractivity contribution in [1.29, 1.82) is 0 Å². The van der Waals surface area contributed by atoms with Gasteiger partial charge in [0.2, 0.25) is 0 Å². The number of aryl methyl sites for hydroxylation is 1. The van der Waals surface area contributed by atoms with Gasteiger partial charge in [0.1, 0.15) is 11.6 Å². The topological polar surface area (TPSA) is 67.6 Å². The fourth-order valence-corrected chi connectivity index (χ4v) is 1.94. The molecule has 1 aliphatic rings. The maximum Gasteiger partial charge on any atom is 0.147 e. The highest BCUT2D eigenvalue weighted by molar-refractivity contribution is 4.99. The number of hydrogen-bond donors (Lipinski definition) is 2. The molecular formula is C9H16N4. The van der Waals surface area contributed by atoms with Crippen molar-refractivity contribution in [2.24, 2.45) is 5.73 Å². The number of aromatic nitrogens is 3. The first kappa shape index (κ1) is 8.69. The van der Waals surface area contributed by atoms with Gasteiger partial charge in [0.15, 0.2) is 0 Å². The maximum absolute atomic E-state index is 5.83. The van der Waals surface area contributed by atoms with E-state index in [0.717, 1.165) is 37.3 Å². The van der Waals surface area contributed by atoms with Gasteiger partial charge in [-0.1, -0.05) is 0 Å². The average molecular weight is 180 g/mol. The largest absolute Gasteiger partial charge is 0.328 e. The third-order valence-corrected chi connectivity index (χ3v) is 2.77. The summed E-state index contributed by atoms with van der Waals surface area (Å²) in [6.07, 6.45) is 4.53. The quantitative estimate of drug-likeness (QED) is 0.680. The summed E-state index contributed by atoms with van der Waals surface area (Å²) in [5, 5.41) is 7.03. The predicted octanol–water partition coefficient (Wildman–Crippen LogP) is 1.10. The van der Waals surface area contributed by atoms with E-state index in [2.05, 4.69) is 15.2 Å². The van der Waals surface area contributed by atoms with Crippen LogP contribution in [0.15, 0.2) is 0 Å². The number of nitrogens with one attached hydrogen (secondary N) is 1. The van der Waals surface area contributed by atoms with Crippen LogP contribution in [0.1, 0.15) is 43.3 Å². The Balaban J connectivity index is 2.02. The standard InChI is InChI=1S/C9H16N4/c1-6-11-9(13-12-6)7-2-4-8(10)5-3-7/h7-8H,2-5,10H2,1H3,(H,11,12,13). The Morgan fingerprint density at radius 1 is 1.31 bits per heavy atom. The van der Waals surface area contributed by atoms with Crippen LogP contribution in [-0.2, 0) is 0 Å². The second-order valence-electron chi connectivity index (χ2n) is 3.88. The van der Waals surface area contributed by atoms with E-state index in [1.807, 2.05) is 6.92 Å². The second-order valence-corrected chi connectivity index (χ2v) is 3.88. The molecule has 0 bridgehead atoms. The van der Waals surface area contributed by atoms with Crippen molar-refractivity contribution >= 4 is 0 Å². The van der Waals surface area contributed by atoms with Crippen LogP contribution >= 0.6 is 0 Å². The normalized spacial score (nSPS) is 29.1. The molecule has 0 saturated heterocycles. The van der Waals surface area contributed by atoms with E-state index in [1.165, 1.54) is 0 Å². The van der Waals surface area contributed by atoms with Crippen LogP contribution in [0, 0.1) is 6.92 Å². The van der Waals surface area contributed by atoms with Crippen LogP contribution in [0.4, 0.5) is 0 Å². The Morgan fingerprint density at radius 2 is 2.00 bits per heavy atom. The molecule has 0 atom stereocenters. The van der Waals surface area contributed by atoms with Crippen LogP contribution in [0.5, 0.6) is 0 Å². The van der Waals surface area contributed by atoms with Gasteiger partial charge in [0.25, 0.3) is 0 Å². The lowest BCUT2D eigenvalue weighted by molar-refractivity contribution is 0.385. The van der Waals surface area contributed by atoms with Gasteiger partial charge in [-0.25, -0.2) is 4.98 Å². The fourth-order valence-electron chi connectivity index (χ4n) is 1.94. The molecule has 2 rings (SSSR count). The number of H-pyrrole nitrogens is 1. The zero-order valence-corrected chi connectivity index (χ0v) is 7.95. The first-order chi connectivity index (χ1) is 6.25. The zero-order chi connectivity index (χ0) is 9.26. The molecule has 1 saturated carbocycles. The molecule has 0 aromatic carbocycles. The van der Waals surface area contributed by atoms with Crippen LogP contribution < -0.4 is 5.73 Å². The van der Waals surface area contributed by atoms with E-state index in [9.17, 15) is 0 Å². The average Bonchev–Trinajstić information content (AvgIpc) is 2.53. The van der Waals surface area contributed by atoms with Crippen molar-refractivity contribution in [2.75, 3.05) is 0 Å². The molecule has 1 fully saturated rings. The first-order valence-corrected chi connectivity index (χ1v) is 4.90. The summed E-state index contributed by atoms with van der Waals surface area (Å²) in [7, 11) is 0. The molecule has 1 aromatic rings. The van der Waals surface area contributed by atoms with E-state index in [4.69, 9.17) is 5.73 Å². The smallest absolute Gasteiger partial charge is 0.147 e. The number of aromatic amines is 1. The van der Waals surface area contributed by atoms with Crippen molar-refractivity contribution in [2.45, 2.75) is 44.6 Å². The number of nitrogens with two attached hydrogens (primary N) is 1. The van der Waals surface area contributed by atoms with Gasteiger partial charge in [0, 0.05) is 12.0 Å². The van der Waals surface area contributed by atoms with Gasteiger partial charge in [-0.15, -0.1) is 0 Å². The van der Waals surface area contributed by atoms with Gasteiger partial charge >= 0.3 is 0 Å². The second kappa shape index (κ2) is 3.46. The van der Waals surface area contributed by atoms with E-state index in [0.29, 0.717) is 12.0 Å². The molecule has 0 aliphatic heterocycles. The molecule has 1 aromatic heterocycles. The molecule has 0 amide bonds. The lowest BCUT2D eigenvalue weighted by Crippen LogP contribution is -2.26. The molecule has 3 N–H and O–H groups in total. The molecule has 13 heavy (non-hydrogen) atoms. The van der Waals surface area contributed by atoms with Crippen molar-refractivity contribution < 1.29 is 0 Å². The monoisotopic (exact) mass is 180 g/mol. The lowest BCUT2D eigenvalue weighted by atomic mass is 9.86. The van der Waals surface area contributed by atoms with Gasteiger partial charge in [0.05, 0.1) is 0 Å². The van der Waals surface area contributed by atoms with Crippen LogP contribution in [0.25, 0.3) is 0 Å². The Bertz CT molecular complexity index is 273. The van der Waals surface area contributed by atoms with Gasteiger partial charge < -0.3 is 5.73 Å². The number of hydrogen-bond acceptors (Lipinski definition) is 3. The molecule has 4 nitrogen and oxygen atoms in total. The Morgan fingerprint density at radius 3 is 2.54 bits per heavy atom. The lowest BCUT2D eigenvalue weighted by Gasteiger charge is -2.23. The summed E-state index contributed by atoms with van der Waals surface area (Å²) in [4.78, 5) is 4.35. The minimum Gasteiger partial charge on any atom is -0.328 e. The minimum atomic E-state index is 0.403. The molecule has 72 valence electrons. The van der Waals surface area contributed by atoms with Crippen molar-refractivity contribution in [3.8, 4) is 0 Å². The summed E-state index contributed by atoms with van der Waals surface area (Å²) in [6, 6.07) is 0.403. The highest BCUT2D eigenvalue weighted by atomic mass is 15.2. The van der Waals surface area contributed by atoms with E-state index in [1.54, 1.807) is 0 Å². The molecule has 0 spiro atoms. The van der Waals surface area contributed by atoms with Crippen LogP contribution in [0.3, 0.4) is 0 Å². The Hall–Kier alpha value is -0.900. The number of nitrogens with zero attached hydrogens (tertiary/aromatic N) is 2. The van der Waals surface area contributed by atoms with Crippen LogP contribution in [-0.4, -0.2) is 21.2 Å².